The number of aliphatic carboxylic acids is 1. The number of benzene rings is 1. The number of pyridine rings is 1. The number of likely N-dealkylation sites (N-methyl/N-ethyl adjacent to an activating group) is 1. The van der Waals surface area contributed by atoms with Crippen molar-refractivity contribution in [1.82, 2.24) is 15.2 Å². The topological polar surface area (TPSA) is 85.8 Å². The summed E-state index contributed by atoms with van der Waals surface area (Å²) >= 11 is 0. The van der Waals surface area contributed by atoms with Crippen LogP contribution in [0.25, 0.3) is 0 Å². The molecule has 1 fully saturated rings. The molecule has 1 amide bonds. The van der Waals surface area contributed by atoms with Crippen molar-refractivity contribution in [3.05, 3.63) is 54.2 Å². The molecule has 1 aromatic heterocycles. The summed E-state index contributed by atoms with van der Waals surface area (Å²) in [6, 6.07) is 13.8. The highest BCUT2D eigenvalue weighted by Gasteiger charge is 2.34. The van der Waals surface area contributed by atoms with E-state index in [1.165, 1.54) is 0 Å². The number of carbonyl (C=O) groups excluding carboxylic acids is 1. The first-order valence-electron chi connectivity index (χ1n) is 9.49. The van der Waals surface area contributed by atoms with Crippen molar-refractivity contribution in [3.8, 4) is 0 Å². The zero-order valence-corrected chi connectivity index (χ0v) is 16.2. The lowest BCUT2D eigenvalue weighted by Crippen LogP contribution is -2.54. The molecular weight excluding hydrogens is 356 g/mol. The molecule has 1 aliphatic carbocycles. The Morgan fingerprint density at radius 2 is 1.89 bits per heavy atom. The average Bonchev–Trinajstić information content (AvgIpc) is 2.68. The molecule has 0 saturated heterocycles. The van der Waals surface area contributed by atoms with Crippen LogP contribution in [0.1, 0.15) is 30.1 Å². The molecular formula is C21H26N4O3. The number of carboxylic acid groups (broad SMARTS) is 1. The fourth-order valence-electron chi connectivity index (χ4n) is 3.45. The summed E-state index contributed by atoms with van der Waals surface area (Å²) in [5, 5.41) is 12.0. The lowest BCUT2D eigenvalue weighted by Gasteiger charge is -2.42. The Hall–Kier alpha value is -2.93. The highest BCUT2D eigenvalue weighted by atomic mass is 16.4. The molecule has 3 rings (SSSR count). The summed E-state index contributed by atoms with van der Waals surface area (Å²) in [6.45, 7) is 2.69. The summed E-state index contributed by atoms with van der Waals surface area (Å²) in [4.78, 5) is 31.6. The molecule has 2 N–H and O–H groups in total. The van der Waals surface area contributed by atoms with Crippen LogP contribution in [0.5, 0.6) is 0 Å². The van der Waals surface area contributed by atoms with E-state index in [-0.39, 0.29) is 24.5 Å². The zero-order chi connectivity index (χ0) is 20.1. The number of carboxylic acids is 1. The van der Waals surface area contributed by atoms with E-state index in [2.05, 4.69) is 10.3 Å². The fraction of sp³-hybridized carbons (Fsp3) is 0.381. The normalized spacial score (nSPS) is 18.4. The SMILES string of the molecule is CCN(CC(=O)O)C1CC(NC(=O)c2ccc(N(C)c3ccccc3)nc2)C1. The number of amides is 1. The number of nitrogens with zero attached hydrogens (tertiary/aromatic N) is 3. The van der Waals surface area contributed by atoms with Crippen LogP contribution in [0.4, 0.5) is 11.5 Å². The number of anilines is 2. The van der Waals surface area contributed by atoms with Crippen molar-refractivity contribution in [2.75, 3.05) is 25.0 Å². The largest absolute Gasteiger partial charge is 0.480 e. The average molecular weight is 382 g/mol. The van der Waals surface area contributed by atoms with E-state index < -0.39 is 5.97 Å². The number of rotatable bonds is 8. The maximum atomic E-state index is 12.5. The van der Waals surface area contributed by atoms with E-state index in [4.69, 9.17) is 5.11 Å². The molecule has 0 atom stereocenters. The highest BCUT2D eigenvalue weighted by molar-refractivity contribution is 5.94. The Labute approximate surface area is 165 Å². The summed E-state index contributed by atoms with van der Waals surface area (Å²) in [5.74, 6) is -0.203. The van der Waals surface area contributed by atoms with Gasteiger partial charge < -0.3 is 15.3 Å². The molecule has 7 nitrogen and oxygen atoms in total. The molecule has 1 aliphatic rings. The van der Waals surface area contributed by atoms with Gasteiger partial charge in [-0.05, 0) is 43.7 Å². The molecule has 0 radical (unpaired) electrons. The van der Waals surface area contributed by atoms with Crippen LogP contribution in [0.15, 0.2) is 48.7 Å². The molecule has 7 heteroatoms. The van der Waals surface area contributed by atoms with Gasteiger partial charge in [-0.25, -0.2) is 4.98 Å². The van der Waals surface area contributed by atoms with Crippen LogP contribution < -0.4 is 10.2 Å². The van der Waals surface area contributed by atoms with Crippen molar-refractivity contribution >= 4 is 23.4 Å². The lowest BCUT2D eigenvalue weighted by atomic mass is 9.85. The van der Waals surface area contributed by atoms with E-state index >= 15 is 0 Å². The maximum absolute atomic E-state index is 12.5. The van der Waals surface area contributed by atoms with Crippen LogP contribution in [0, 0.1) is 0 Å². The van der Waals surface area contributed by atoms with Crippen molar-refractivity contribution in [2.45, 2.75) is 31.8 Å². The van der Waals surface area contributed by atoms with Gasteiger partial charge in [-0.1, -0.05) is 25.1 Å². The Morgan fingerprint density at radius 1 is 1.18 bits per heavy atom. The molecule has 148 valence electrons. The first-order valence-corrected chi connectivity index (χ1v) is 9.49. The van der Waals surface area contributed by atoms with Crippen molar-refractivity contribution in [1.29, 1.82) is 0 Å². The van der Waals surface area contributed by atoms with Gasteiger partial charge in [0.2, 0.25) is 0 Å². The number of hydrogen-bond donors (Lipinski definition) is 2. The van der Waals surface area contributed by atoms with Gasteiger partial charge in [0.1, 0.15) is 5.82 Å². The van der Waals surface area contributed by atoms with Gasteiger partial charge >= 0.3 is 5.97 Å². The van der Waals surface area contributed by atoms with Crippen molar-refractivity contribution < 1.29 is 14.7 Å². The minimum absolute atomic E-state index is 0.0438. The molecule has 1 heterocycles. The number of carbonyl (C=O) groups is 2. The number of para-hydroxylation sites is 1. The summed E-state index contributed by atoms with van der Waals surface area (Å²) in [6.07, 6.45) is 3.13. The standard InChI is InChI=1S/C21H26N4O3/c1-3-25(14-20(26)27)18-11-16(12-18)23-21(28)15-9-10-19(22-13-15)24(2)17-7-5-4-6-8-17/h4-10,13,16,18H,3,11-12,14H2,1-2H3,(H,23,28)(H,26,27). The van der Waals surface area contributed by atoms with Crippen molar-refractivity contribution in [2.24, 2.45) is 0 Å². The molecule has 0 aliphatic heterocycles. The summed E-state index contributed by atoms with van der Waals surface area (Å²) < 4.78 is 0. The smallest absolute Gasteiger partial charge is 0.317 e. The van der Waals surface area contributed by atoms with Gasteiger partial charge in [0, 0.05) is 31.0 Å². The van der Waals surface area contributed by atoms with Gasteiger partial charge in [-0.2, -0.15) is 0 Å². The van der Waals surface area contributed by atoms with Gasteiger partial charge in [-0.3, -0.25) is 14.5 Å². The predicted molar refractivity (Wildman–Crippen MR) is 108 cm³/mol. The third kappa shape index (κ3) is 4.67. The first kappa shape index (κ1) is 19.8. The van der Waals surface area contributed by atoms with E-state index in [1.807, 2.05) is 60.2 Å². The van der Waals surface area contributed by atoms with E-state index in [0.29, 0.717) is 12.1 Å². The molecule has 0 bridgehead atoms. The van der Waals surface area contributed by atoms with Gasteiger partial charge in [0.15, 0.2) is 0 Å². The molecule has 28 heavy (non-hydrogen) atoms. The molecule has 0 unspecified atom stereocenters. The van der Waals surface area contributed by atoms with Crippen molar-refractivity contribution in [3.63, 3.8) is 0 Å². The van der Waals surface area contributed by atoms with Gasteiger partial charge in [0.05, 0.1) is 12.1 Å². The van der Waals surface area contributed by atoms with Gasteiger partial charge in [0.25, 0.3) is 5.91 Å². The van der Waals surface area contributed by atoms with E-state index in [1.54, 1.807) is 12.3 Å². The van der Waals surface area contributed by atoms with Crippen LogP contribution in [0.2, 0.25) is 0 Å². The molecule has 1 aromatic carbocycles. The Kier molecular flexibility index (Phi) is 6.26. The van der Waals surface area contributed by atoms with E-state index in [0.717, 1.165) is 24.3 Å². The lowest BCUT2D eigenvalue weighted by molar-refractivity contribution is -0.139. The minimum Gasteiger partial charge on any atom is -0.480 e. The molecule has 2 aromatic rings. The van der Waals surface area contributed by atoms with E-state index in [9.17, 15) is 9.59 Å². The number of nitrogens with one attached hydrogen (secondary N) is 1. The third-order valence-electron chi connectivity index (χ3n) is 5.21. The quantitative estimate of drug-likeness (QED) is 0.730. The second kappa shape index (κ2) is 8.84. The maximum Gasteiger partial charge on any atom is 0.317 e. The zero-order valence-electron chi connectivity index (χ0n) is 16.2. The monoisotopic (exact) mass is 382 g/mol. The van der Waals surface area contributed by atoms with Crippen LogP contribution in [-0.2, 0) is 4.79 Å². The number of aromatic nitrogens is 1. The van der Waals surface area contributed by atoms with Crippen LogP contribution in [0.3, 0.4) is 0 Å². The summed E-state index contributed by atoms with van der Waals surface area (Å²) in [5.41, 5.74) is 1.54. The Bertz CT molecular complexity index is 804. The Balaban J connectivity index is 1.53. The van der Waals surface area contributed by atoms with Crippen LogP contribution in [-0.4, -0.2) is 59.1 Å². The molecule has 0 spiro atoms. The first-order chi connectivity index (χ1) is 13.5. The fourth-order valence-corrected chi connectivity index (χ4v) is 3.45. The Morgan fingerprint density at radius 3 is 2.46 bits per heavy atom. The highest BCUT2D eigenvalue weighted by Crippen LogP contribution is 2.26. The van der Waals surface area contributed by atoms with Gasteiger partial charge in [-0.15, -0.1) is 0 Å². The summed E-state index contributed by atoms with van der Waals surface area (Å²) in [7, 11) is 1.93. The second-order valence-electron chi connectivity index (χ2n) is 7.05. The van der Waals surface area contributed by atoms with Crippen LogP contribution >= 0.6 is 0 Å². The third-order valence-corrected chi connectivity index (χ3v) is 5.21. The second-order valence-corrected chi connectivity index (χ2v) is 7.05. The molecule has 1 saturated carbocycles. The predicted octanol–water partition coefficient (Wildman–Crippen LogP) is 2.52. The minimum atomic E-state index is -0.819. The number of hydrogen-bond acceptors (Lipinski definition) is 5.